The molecule has 1 aromatic carbocycles. The Balaban J connectivity index is 1.44. The molecule has 2 rings (SSSR count). The van der Waals surface area contributed by atoms with Crippen LogP contribution in [0.2, 0.25) is 0 Å². The Morgan fingerprint density at radius 2 is 1.50 bits per heavy atom. The van der Waals surface area contributed by atoms with Crippen LogP contribution in [-0.4, -0.2) is 64.5 Å². The molecule has 2 aromatic rings. The second-order valence-corrected chi connectivity index (χ2v) is 7.89. The van der Waals surface area contributed by atoms with E-state index in [1.807, 2.05) is 26.0 Å². The summed E-state index contributed by atoms with van der Waals surface area (Å²) in [6.45, 7) is 7.84. The third-order valence-electron chi connectivity index (χ3n) is 4.90. The van der Waals surface area contributed by atoms with Crippen molar-refractivity contribution >= 4 is 22.8 Å². The lowest BCUT2D eigenvalue weighted by molar-refractivity contribution is -0.121. The van der Waals surface area contributed by atoms with Gasteiger partial charge in [-0.1, -0.05) is 19.1 Å². The molecule has 0 radical (unpaired) electrons. The smallest absolute Gasteiger partial charge is 0.349 e. The van der Waals surface area contributed by atoms with Crippen LogP contribution in [-0.2, 0) is 19.0 Å². The van der Waals surface area contributed by atoms with Crippen LogP contribution in [0.5, 0.6) is 0 Å². The van der Waals surface area contributed by atoms with E-state index in [9.17, 15) is 14.4 Å². The topological polar surface area (TPSA) is 116 Å². The molecule has 9 heteroatoms. The number of rotatable bonds is 17. The first kappa shape index (κ1) is 27.5. The summed E-state index contributed by atoms with van der Waals surface area (Å²) in [6.07, 6.45) is 2.81. The van der Waals surface area contributed by atoms with E-state index in [1.54, 1.807) is 12.1 Å². The molecular weight excluding hydrogens is 440 g/mol. The zero-order valence-corrected chi connectivity index (χ0v) is 20.2. The molecule has 0 saturated heterocycles. The van der Waals surface area contributed by atoms with Gasteiger partial charge in [0.05, 0.1) is 26.4 Å². The van der Waals surface area contributed by atoms with E-state index in [1.165, 1.54) is 0 Å². The van der Waals surface area contributed by atoms with Gasteiger partial charge in [0.1, 0.15) is 11.1 Å². The van der Waals surface area contributed by atoms with Crippen LogP contribution in [0.15, 0.2) is 33.5 Å². The second kappa shape index (κ2) is 16.0. The van der Waals surface area contributed by atoms with Gasteiger partial charge >= 0.3 is 5.63 Å². The van der Waals surface area contributed by atoms with E-state index < -0.39 is 11.5 Å². The summed E-state index contributed by atoms with van der Waals surface area (Å²) in [5.74, 6) is -0.372. The van der Waals surface area contributed by atoms with Crippen LogP contribution in [0.3, 0.4) is 0 Å². The molecule has 2 N–H and O–H groups in total. The Hall–Kier alpha value is -2.75. The Labute approximate surface area is 200 Å². The molecule has 188 valence electrons. The van der Waals surface area contributed by atoms with Crippen molar-refractivity contribution in [2.45, 2.75) is 39.5 Å². The highest BCUT2D eigenvalue weighted by molar-refractivity contribution is 5.96. The van der Waals surface area contributed by atoms with Crippen LogP contribution in [0.1, 0.15) is 48.5 Å². The summed E-state index contributed by atoms with van der Waals surface area (Å²) < 4.78 is 21.6. The molecule has 2 amide bonds. The summed E-state index contributed by atoms with van der Waals surface area (Å²) >= 11 is 0. The number of fused-ring (bicyclic) bond motifs is 1. The van der Waals surface area contributed by atoms with Crippen molar-refractivity contribution in [1.82, 2.24) is 10.6 Å². The second-order valence-electron chi connectivity index (χ2n) is 7.89. The predicted molar refractivity (Wildman–Crippen MR) is 129 cm³/mol. The number of nitrogens with one attached hydrogen (secondary N) is 2. The molecule has 34 heavy (non-hydrogen) atoms. The zero-order valence-electron chi connectivity index (χ0n) is 20.2. The monoisotopic (exact) mass is 476 g/mol. The molecule has 0 aliphatic rings. The minimum atomic E-state index is -0.647. The van der Waals surface area contributed by atoms with Crippen LogP contribution in [0.4, 0.5) is 0 Å². The SMILES string of the molecule is CCCC(=O)NCCCOCCOCCOCCCNC(=O)c1cc2ccc(C)cc2oc1=O. The first-order chi connectivity index (χ1) is 16.5. The van der Waals surface area contributed by atoms with Gasteiger partial charge in [0.15, 0.2) is 0 Å². The highest BCUT2D eigenvalue weighted by atomic mass is 16.5. The summed E-state index contributed by atoms with van der Waals surface area (Å²) in [5, 5.41) is 6.27. The molecule has 0 unspecified atom stereocenters. The van der Waals surface area contributed by atoms with Gasteiger partial charge in [0, 0.05) is 38.1 Å². The number of hydrogen-bond donors (Lipinski definition) is 2. The quantitative estimate of drug-likeness (QED) is 0.266. The van der Waals surface area contributed by atoms with Gasteiger partial charge in [-0.05, 0) is 43.9 Å². The molecule has 0 aliphatic heterocycles. The van der Waals surface area contributed by atoms with E-state index in [2.05, 4.69) is 10.6 Å². The molecule has 0 atom stereocenters. The number of hydrogen-bond acceptors (Lipinski definition) is 7. The highest BCUT2D eigenvalue weighted by Crippen LogP contribution is 2.15. The van der Waals surface area contributed by atoms with Gasteiger partial charge in [0.25, 0.3) is 5.91 Å². The molecule has 1 heterocycles. The molecule has 0 saturated carbocycles. The number of benzene rings is 1. The molecule has 0 aliphatic carbocycles. The van der Waals surface area contributed by atoms with Gasteiger partial charge in [-0.3, -0.25) is 9.59 Å². The van der Waals surface area contributed by atoms with Crippen molar-refractivity contribution in [3.05, 3.63) is 45.8 Å². The average Bonchev–Trinajstić information content (AvgIpc) is 2.81. The zero-order chi connectivity index (χ0) is 24.6. The lowest BCUT2D eigenvalue weighted by Crippen LogP contribution is -2.29. The molecule has 1 aromatic heterocycles. The van der Waals surface area contributed by atoms with Gasteiger partial charge in [-0.25, -0.2) is 4.79 Å². The summed E-state index contributed by atoms with van der Waals surface area (Å²) in [4.78, 5) is 35.7. The maximum Gasteiger partial charge on any atom is 0.349 e. The lowest BCUT2D eigenvalue weighted by atomic mass is 10.1. The van der Waals surface area contributed by atoms with Gasteiger partial charge in [-0.2, -0.15) is 0 Å². The minimum absolute atomic E-state index is 0.00543. The van der Waals surface area contributed by atoms with Crippen LogP contribution in [0.25, 0.3) is 11.0 Å². The molecule has 0 bridgehead atoms. The molecule has 9 nitrogen and oxygen atoms in total. The van der Waals surface area contributed by atoms with Gasteiger partial charge < -0.3 is 29.3 Å². The Kier molecular flexibility index (Phi) is 12.9. The Morgan fingerprint density at radius 1 is 0.882 bits per heavy atom. The summed E-state index contributed by atoms with van der Waals surface area (Å²) in [7, 11) is 0. The first-order valence-electron chi connectivity index (χ1n) is 11.8. The third kappa shape index (κ3) is 10.5. The van der Waals surface area contributed by atoms with E-state index >= 15 is 0 Å². The van der Waals surface area contributed by atoms with Crippen molar-refractivity contribution in [3.63, 3.8) is 0 Å². The van der Waals surface area contributed by atoms with E-state index in [0.29, 0.717) is 76.5 Å². The number of carbonyl (C=O) groups is 2. The molecular formula is C25H36N2O7. The summed E-state index contributed by atoms with van der Waals surface area (Å²) in [5.41, 5.74) is 0.796. The fourth-order valence-electron chi connectivity index (χ4n) is 3.11. The third-order valence-corrected chi connectivity index (χ3v) is 4.90. The van der Waals surface area contributed by atoms with Crippen molar-refractivity contribution in [2.24, 2.45) is 0 Å². The Morgan fingerprint density at radius 3 is 2.15 bits per heavy atom. The van der Waals surface area contributed by atoms with Crippen molar-refractivity contribution in [2.75, 3.05) is 52.7 Å². The first-order valence-corrected chi connectivity index (χ1v) is 11.8. The van der Waals surface area contributed by atoms with Crippen molar-refractivity contribution < 1.29 is 28.2 Å². The number of carbonyl (C=O) groups excluding carboxylic acids is 2. The fourth-order valence-corrected chi connectivity index (χ4v) is 3.11. The van der Waals surface area contributed by atoms with Crippen LogP contribution < -0.4 is 16.3 Å². The average molecular weight is 477 g/mol. The van der Waals surface area contributed by atoms with Crippen LogP contribution in [0, 0.1) is 6.92 Å². The predicted octanol–water partition coefficient (Wildman–Crippen LogP) is 2.58. The molecule has 0 fully saturated rings. The number of aryl methyl sites for hydroxylation is 1. The standard InChI is InChI=1S/C25H36N2O7/c1-3-6-23(28)26-9-4-11-31-13-15-33-16-14-32-12-5-10-27-24(29)21-18-20-8-7-19(2)17-22(20)34-25(21)30/h7-8,17-18H,3-6,9-16H2,1-2H3,(H,26,28)(H,27,29). The Bertz CT molecular complexity index is 958. The lowest BCUT2D eigenvalue weighted by Gasteiger charge is -2.08. The van der Waals surface area contributed by atoms with E-state index in [-0.39, 0.29) is 11.5 Å². The maximum absolute atomic E-state index is 12.3. The van der Waals surface area contributed by atoms with Gasteiger partial charge in [0.2, 0.25) is 5.91 Å². The highest BCUT2D eigenvalue weighted by Gasteiger charge is 2.13. The van der Waals surface area contributed by atoms with Crippen LogP contribution >= 0.6 is 0 Å². The molecule has 0 spiro atoms. The maximum atomic E-state index is 12.3. The van der Waals surface area contributed by atoms with Crippen molar-refractivity contribution in [3.8, 4) is 0 Å². The van der Waals surface area contributed by atoms with E-state index in [4.69, 9.17) is 18.6 Å². The number of amides is 2. The summed E-state index contributed by atoms with van der Waals surface area (Å²) in [6, 6.07) is 7.04. The van der Waals surface area contributed by atoms with E-state index in [0.717, 1.165) is 18.4 Å². The minimum Gasteiger partial charge on any atom is -0.422 e. The normalized spacial score (nSPS) is 11.0. The fraction of sp³-hybridized carbons (Fsp3) is 0.560. The van der Waals surface area contributed by atoms with Crippen molar-refractivity contribution in [1.29, 1.82) is 0 Å². The number of ether oxygens (including phenoxy) is 3. The largest absolute Gasteiger partial charge is 0.422 e. The van der Waals surface area contributed by atoms with Gasteiger partial charge in [-0.15, -0.1) is 0 Å².